The number of benzene rings is 3. The van der Waals surface area contributed by atoms with Crippen LogP contribution in [-0.4, -0.2) is 5.97 Å². The molecule has 0 aliphatic carbocycles. The fourth-order valence-electron chi connectivity index (χ4n) is 3.90. The Hall–Kier alpha value is -5.03. The highest BCUT2D eigenvalue weighted by Gasteiger charge is 2.31. The number of hydrogen-bond donors (Lipinski definition) is 1. The van der Waals surface area contributed by atoms with Gasteiger partial charge in [0.05, 0.1) is 12.2 Å². The van der Waals surface area contributed by atoms with Gasteiger partial charge in [0.2, 0.25) is 11.6 Å². The molecule has 0 saturated heterocycles. The molecule has 1 aliphatic heterocycles. The van der Waals surface area contributed by atoms with Crippen molar-refractivity contribution in [3.8, 4) is 23.3 Å². The summed E-state index contributed by atoms with van der Waals surface area (Å²) < 4.78 is 35.0. The van der Waals surface area contributed by atoms with E-state index < -0.39 is 11.9 Å². The number of esters is 1. The Morgan fingerprint density at radius 1 is 1.03 bits per heavy atom. The molecular weight excluding hydrogens is 463 g/mol. The Morgan fingerprint density at radius 3 is 2.47 bits per heavy atom. The van der Waals surface area contributed by atoms with E-state index in [9.17, 15) is 14.4 Å². The number of carbonyl (C=O) groups excluding carboxylic acids is 1. The van der Waals surface area contributed by atoms with E-state index in [1.54, 1.807) is 48.5 Å². The van der Waals surface area contributed by atoms with Gasteiger partial charge < -0.3 is 24.4 Å². The molecule has 3 aromatic carbocycles. The molecule has 0 amide bonds. The number of nitrogens with two attached hydrogens (primary N) is 1. The zero-order chi connectivity index (χ0) is 25.1. The highest BCUT2D eigenvalue weighted by atomic mass is 19.1. The standard InChI is InChI=1S/C28H19FN2O5/c29-19-7-3-17(4-8-19)16-34-20-9-5-18(6-10-20)26-22-12-11-21(35-28(32)24-2-1-13-33-24)14-25(22)36-27(31)23(26)15-30/h1-14,26H,16,31H2. The largest absolute Gasteiger partial charge is 0.489 e. The van der Waals surface area contributed by atoms with Crippen LogP contribution in [0.5, 0.6) is 17.2 Å². The highest BCUT2D eigenvalue weighted by Crippen LogP contribution is 2.43. The average molecular weight is 482 g/mol. The summed E-state index contributed by atoms with van der Waals surface area (Å²) >= 11 is 0. The SMILES string of the molecule is N#CC1=C(N)Oc2cc(OC(=O)c3ccco3)ccc2C1c1ccc(OCc2ccc(F)cc2)cc1. The number of furan rings is 1. The fourth-order valence-corrected chi connectivity index (χ4v) is 3.90. The quantitative estimate of drug-likeness (QED) is 0.288. The first kappa shape index (κ1) is 22.7. The van der Waals surface area contributed by atoms with Crippen LogP contribution >= 0.6 is 0 Å². The maximum Gasteiger partial charge on any atom is 0.379 e. The van der Waals surface area contributed by atoms with Gasteiger partial charge in [0.25, 0.3) is 0 Å². The van der Waals surface area contributed by atoms with Crippen molar-refractivity contribution in [2.75, 3.05) is 0 Å². The van der Waals surface area contributed by atoms with Crippen LogP contribution < -0.4 is 19.9 Å². The van der Waals surface area contributed by atoms with Gasteiger partial charge in [0.15, 0.2) is 0 Å². The number of fused-ring (bicyclic) bond motifs is 1. The lowest BCUT2D eigenvalue weighted by molar-refractivity contribution is 0.0701. The monoisotopic (exact) mass is 482 g/mol. The normalized spacial score (nSPS) is 14.4. The van der Waals surface area contributed by atoms with E-state index in [1.807, 2.05) is 12.1 Å². The molecule has 36 heavy (non-hydrogen) atoms. The molecule has 0 fully saturated rings. The molecule has 0 spiro atoms. The molecule has 1 aromatic heterocycles. The second kappa shape index (κ2) is 9.68. The van der Waals surface area contributed by atoms with Crippen molar-refractivity contribution in [2.24, 2.45) is 5.73 Å². The minimum Gasteiger partial charge on any atom is -0.489 e. The Bertz CT molecular complexity index is 1470. The molecule has 178 valence electrons. The fraction of sp³-hybridized carbons (Fsp3) is 0.0714. The van der Waals surface area contributed by atoms with E-state index in [0.29, 0.717) is 17.1 Å². The Morgan fingerprint density at radius 2 is 1.78 bits per heavy atom. The van der Waals surface area contributed by atoms with Crippen molar-refractivity contribution in [3.05, 3.63) is 125 Å². The predicted octanol–water partition coefficient (Wildman–Crippen LogP) is 5.44. The Kier molecular flexibility index (Phi) is 6.12. The first-order chi connectivity index (χ1) is 17.5. The minimum atomic E-state index is -0.648. The molecule has 4 aromatic rings. The molecule has 1 atom stereocenters. The summed E-state index contributed by atoms with van der Waals surface area (Å²) in [6, 6.07) is 23.5. The molecule has 0 bridgehead atoms. The van der Waals surface area contributed by atoms with E-state index in [-0.39, 0.29) is 35.4 Å². The van der Waals surface area contributed by atoms with Crippen molar-refractivity contribution in [1.82, 2.24) is 0 Å². The van der Waals surface area contributed by atoms with Crippen molar-refractivity contribution in [1.29, 1.82) is 5.26 Å². The molecule has 7 nitrogen and oxygen atoms in total. The number of ether oxygens (including phenoxy) is 3. The smallest absolute Gasteiger partial charge is 0.379 e. The first-order valence-corrected chi connectivity index (χ1v) is 11.0. The number of halogens is 1. The maximum absolute atomic E-state index is 13.1. The van der Waals surface area contributed by atoms with Crippen molar-refractivity contribution in [2.45, 2.75) is 12.5 Å². The van der Waals surface area contributed by atoms with Crippen LogP contribution in [0.3, 0.4) is 0 Å². The van der Waals surface area contributed by atoms with Crippen molar-refractivity contribution < 1.29 is 27.8 Å². The number of carbonyl (C=O) groups is 1. The maximum atomic E-state index is 13.1. The van der Waals surface area contributed by atoms with Gasteiger partial charge in [-0.1, -0.05) is 30.3 Å². The van der Waals surface area contributed by atoms with Gasteiger partial charge >= 0.3 is 5.97 Å². The molecule has 1 unspecified atom stereocenters. The van der Waals surface area contributed by atoms with Crippen LogP contribution in [0.2, 0.25) is 0 Å². The van der Waals surface area contributed by atoms with E-state index in [4.69, 9.17) is 24.4 Å². The van der Waals surface area contributed by atoms with Gasteiger partial charge in [-0.05, 0) is 53.6 Å². The summed E-state index contributed by atoms with van der Waals surface area (Å²) in [5.41, 5.74) is 8.67. The molecule has 5 rings (SSSR count). The lowest BCUT2D eigenvalue weighted by Crippen LogP contribution is -2.21. The van der Waals surface area contributed by atoms with Crippen LogP contribution in [0, 0.1) is 17.1 Å². The highest BCUT2D eigenvalue weighted by molar-refractivity contribution is 5.88. The molecule has 8 heteroatoms. The average Bonchev–Trinajstić information content (AvgIpc) is 3.43. The van der Waals surface area contributed by atoms with Crippen molar-refractivity contribution in [3.63, 3.8) is 0 Å². The summed E-state index contributed by atoms with van der Waals surface area (Å²) in [4.78, 5) is 12.2. The number of nitrogens with zero attached hydrogens (tertiary/aromatic N) is 1. The van der Waals surface area contributed by atoms with Crippen molar-refractivity contribution >= 4 is 5.97 Å². The number of nitriles is 1. The van der Waals surface area contributed by atoms with E-state index in [1.165, 1.54) is 24.5 Å². The third-order valence-corrected chi connectivity index (χ3v) is 5.66. The topological polar surface area (TPSA) is 108 Å². The molecular formula is C28H19FN2O5. The first-order valence-electron chi connectivity index (χ1n) is 11.0. The molecule has 0 saturated carbocycles. The van der Waals surface area contributed by atoms with Gasteiger partial charge in [-0.25, -0.2) is 9.18 Å². The summed E-state index contributed by atoms with van der Waals surface area (Å²) in [7, 11) is 0. The summed E-state index contributed by atoms with van der Waals surface area (Å²) in [5.74, 6) is -0.163. The summed E-state index contributed by atoms with van der Waals surface area (Å²) in [5, 5.41) is 9.78. The van der Waals surface area contributed by atoms with Crippen LogP contribution in [0.1, 0.15) is 33.2 Å². The lowest BCUT2D eigenvalue weighted by Gasteiger charge is -2.26. The zero-order valence-electron chi connectivity index (χ0n) is 18.8. The number of hydrogen-bond acceptors (Lipinski definition) is 7. The number of rotatable bonds is 6. The molecule has 2 heterocycles. The Labute approximate surface area is 205 Å². The lowest BCUT2D eigenvalue weighted by atomic mass is 9.83. The van der Waals surface area contributed by atoms with Gasteiger partial charge in [-0.15, -0.1) is 0 Å². The van der Waals surface area contributed by atoms with Gasteiger partial charge in [0.1, 0.15) is 41.3 Å². The van der Waals surface area contributed by atoms with Crippen LogP contribution in [0.15, 0.2) is 101 Å². The third-order valence-electron chi connectivity index (χ3n) is 5.66. The van der Waals surface area contributed by atoms with Crippen LogP contribution in [0.25, 0.3) is 0 Å². The van der Waals surface area contributed by atoms with E-state index in [0.717, 1.165) is 11.1 Å². The molecule has 0 radical (unpaired) electrons. The second-order valence-electron chi connectivity index (χ2n) is 7.98. The predicted molar refractivity (Wildman–Crippen MR) is 127 cm³/mol. The van der Waals surface area contributed by atoms with Gasteiger partial charge in [-0.3, -0.25) is 0 Å². The zero-order valence-corrected chi connectivity index (χ0v) is 18.8. The number of allylic oxidation sites excluding steroid dienone is 1. The third kappa shape index (κ3) is 4.63. The second-order valence-corrected chi connectivity index (χ2v) is 7.98. The van der Waals surface area contributed by atoms with Gasteiger partial charge in [0, 0.05) is 11.6 Å². The molecule has 2 N–H and O–H groups in total. The summed E-state index contributed by atoms with van der Waals surface area (Å²) in [6.07, 6.45) is 1.38. The Balaban J connectivity index is 1.38. The van der Waals surface area contributed by atoms with Crippen LogP contribution in [0.4, 0.5) is 4.39 Å². The van der Waals surface area contributed by atoms with E-state index in [2.05, 4.69) is 6.07 Å². The van der Waals surface area contributed by atoms with Gasteiger partial charge in [-0.2, -0.15) is 5.26 Å². The van der Waals surface area contributed by atoms with Crippen LogP contribution in [-0.2, 0) is 6.61 Å². The minimum absolute atomic E-state index is 0.0267. The van der Waals surface area contributed by atoms with E-state index >= 15 is 0 Å². The molecule has 1 aliphatic rings. The summed E-state index contributed by atoms with van der Waals surface area (Å²) in [6.45, 7) is 0.287.